The number of halogens is 1. The van der Waals surface area contributed by atoms with Crippen molar-refractivity contribution in [3.8, 4) is 5.75 Å². The van der Waals surface area contributed by atoms with E-state index >= 15 is 0 Å². The lowest BCUT2D eigenvalue weighted by molar-refractivity contribution is -0.143. The zero-order valence-electron chi connectivity index (χ0n) is 20.3. The second-order valence-electron chi connectivity index (χ2n) is 9.80. The molecule has 1 aromatic heterocycles. The molecule has 0 bridgehead atoms. The molecule has 2 aliphatic rings. The van der Waals surface area contributed by atoms with E-state index in [1.165, 1.54) is 25.7 Å². The maximum atomic E-state index is 12.8. The van der Waals surface area contributed by atoms with Crippen LogP contribution >= 0.6 is 23.4 Å². The quantitative estimate of drug-likeness (QED) is 0.300. The smallest absolute Gasteiger partial charge is 0.249 e. The van der Waals surface area contributed by atoms with Gasteiger partial charge in [-0.2, -0.15) is 11.8 Å². The molecule has 7 nitrogen and oxygen atoms in total. The van der Waals surface area contributed by atoms with Crippen molar-refractivity contribution in [3.05, 3.63) is 35.0 Å². The number of likely N-dealkylation sites (tertiary alicyclic amines) is 1. The Morgan fingerprint density at radius 3 is 2.77 bits per heavy atom. The number of carbonyl (C=O) groups is 1. The van der Waals surface area contributed by atoms with Gasteiger partial charge in [0.25, 0.3) is 0 Å². The Balaban J connectivity index is 1.40. The zero-order chi connectivity index (χ0) is 24.8. The third-order valence-corrected chi connectivity index (χ3v) is 9.42. The van der Waals surface area contributed by atoms with Crippen LogP contribution in [0.2, 0.25) is 5.02 Å². The predicted octanol–water partition coefficient (Wildman–Crippen LogP) is 4.97. The van der Waals surface area contributed by atoms with Gasteiger partial charge in [-0.05, 0) is 69.8 Å². The predicted molar refractivity (Wildman–Crippen MR) is 140 cm³/mol. The van der Waals surface area contributed by atoms with Crippen molar-refractivity contribution in [2.75, 3.05) is 32.5 Å². The van der Waals surface area contributed by atoms with E-state index in [9.17, 15) is 15.1 Å². The number of hydrogen-bond acceptors (Lipinski definition) is 7. The molecule has 0 radical (unpaired) electrons. The fourth-order valence-corrected chi connectivity index (χ4v) is 7.15. The van der Waals surface area contributed by atoms with Crippen LogP contribution < -0.4 is 10.2 Å². The van der Waals surface area contributed by atoms with Crippen LogP contribution in [0.25, 0.3) is 10.9 Å². The van der Waals surface area contributed by atoms with Crippen LogP contribution in [0.3, 0.4) is 0 Å². The van der Waals surface area contributed by atoms with Crippen molar-refractivity contribution in [2.24, 2.45) is 5.41 Å². The van der Waals surface area contributed by atoms with Gasteiger partial charge in [-0.3, -0.25) is 15.0 Å². The SMILES string of the molecule is COc1ccc2ncc(Cl)c([C@H](O)CCC3(C(=O)NO)CCN(CCSC4CCCC4)CC3)c2c1. The summed E-state index contributed by atoms with van der Waals surface area (Å²) in [7, 11) is 1.59. The van der Waals surface area contributed by atoms with Crippen LogP contribution in [0.5, 0.6) is 5.75 Å². The molecule has 1 amide bonds. The summed E-state index contributed by atoms with van der Waals surface area (Å²) >= 11 is 8.55. The average Bonchev–Trinajstić information content (AvgIpc) is 3.40. The van der Waals surface area contributed by atoms with Crippen LogP contribution in [0.4, 0.5) is 0 Å². The van der Waals surface area contributed by atoms with E-state index in [0.717, 1.165) is 41.5 Å². The summed E-state index contributed by atoms with van der Waals surface area (Å²) in [6, 6.07) is 5.48. The van der Waals surface area contributed by atoms with Gasteiger partial charge >= 0.3 is 0 Å². The number of aromatic nitrogens is 1. The van der Waals surface area contributed by atoms with E-state index in [2.05, 4.69) is 21.6 Å². The minimum atomic E-state index is -0.871. The van der Waals surface area contributed by atoms with Crippen LogP contribution in [-0.4, -0.2) is 63.9 Å². The number of piperidine rings is 1. The number of rotatable bonds is 10. The van der Waals surface area contributed by atoms with Crippen molar-refractivity contribution >= 4 is 40.2 Å². The average molecular weight is 522 g/mol. The van der Waals surface area contributed by atoms with Gasteiger partial charge in [0.2, 0.25) is 5.91 Å². The second kappa shape index (κ2) is 12.1. The Morgan fingerprint density at radius 2 is 2.09 bits per heavy atom. The third-order valence-electron chi connectivity index (χ3n) is 7.76. The summed E-state index contributed by atoms with van der Waals surface area (Å²) < 4.78 is 5.34. The fourth-order valence-electron chi connectivity index (χ4n) is 5.51. The Hall–Kier alpha value is -1.58. The van der Waals surface area contributed by atoms with E-state index in [1.807, 2.05) is 23.7 Å². The molecule has 192 valence electrons. The molecule has 0 unspecified atom stereocenters. The monoisotopic (exact) mass is 521 g/mol. The highest BCUT2D eigenvalue weighted by Gasteiger charge is 2.41. The Bertz CT molecular complexity index is 1010. The molecule has 35 heavy (non-hydrogen) atoms. The number of nitrogens with zero attached hydrogens (tertiary/aromatic N) is 2. The number of amides is 1. The van der Waals surface area contributed by atoms with E-state index in [-0.39, 0.29) is 5.91 Å². The Kier molecular flexibility index (Phi) is 9.16. The number of aliphatic hydroxyl groups excluding tert-OH is 1. The number of fused-ring (bicyclic) bond motifs is 1. The molecule has 2 aromatic rings. The summed E-state index contributed by atoms with van der Waals surface area (Å²) in [5, 5.41) is 22.6. The maximum Gasteiger partial charge on any atom is 0.249 e. The molecule has 0 spiro atoms. The molecule has 2 fully saturated rings. The number of benzene rings is 1. The van der Waals surface area contributed by atoms with Gasteiger partial charge in [-0.1, -0.05) is 24.4 Å². The normalized spacial score (nSPS) is 19.7. The van der Waals surface area contributed by atoms with Crippen molar-refractivity contribution in [1.29, 1.82) is 0 Å². The highest BCUT2D eigenvalue weighted by Crippen LogP contribution is 2.41. The van der Waals surface area contributed by atoms with E-state index in [0.29, 0.717) is 42.0 Å². The van der Waals surface area contributed by atoms with Crippen LogP contribution in [0, 0.1) is 5.41 Å². The highest BCUT2D eigenvalue weighted by molar-refractivity contribution is 7.99. The van der Waals surface area contributed by atoms with Gasteiger partial charge in [0.1, 0.15) is 5.75 Å². The zero-order valence-corrected chi connectivity index (χ0v) is 21.9. The first-order valence-electron chi connectivity index (χ1n) is 12.5. The maximum absolute atomic E-state index is 12.8. The van der Waals surface area contributed by atoms with Crippen molar-refractivity contribution < 1.29 is 19.8 Å². The summed E-state index contributed by atoms with van der Waals surface area (Å²) in [6.45, 7) is 2.65. The number of carbonyl (C=O) groups excluding carboxylic acids is 1. The molecule has 4 rings (SSSR count). The minimum Gasteiger partial charge on any atom is -0.497 e. The summed E-state index contributed by atoms with van der Waals surface area (Å²) in [4.78, 5) is 19.6. The molecule has 2 heterocycles. The van der Waals surface area contributed by atoms with Gasteiger partial charge < -0.3 is 14.7 Å². The van der Waals surface area contributed by atoms with E-state index < -0.39 is 11.5 Å². The highest BCUT2D eigenvalue weighted by atomic mass is 35.5. The Labute approximate surface area is 216 Å². The summed E-state index contributed by atoms with van der Waals surface area (Å²) in [5.74, 6) is 1.42. The molecule has 3 N–H and O–H groups in total. The minimum absolute atomic E-state index is 0.348. The number of ether oxygens (including phenoxy) is 1. The summed E-state index contributed by atoms with van der Waals surface area (Å²) in [5.41, 5.74) is 2.50. The number of methoxy groups -OCH3 is 1. The lowest BCUT2D eigenvalue weighted by Gasteiger charge is -2.40. The number of hydrogen-bond donors (Lipinski definition) is 3. The lowest BCUT2D eigenvalue weighted by Crippen LogP contribution is -2.48. The lowest BCUT2D eigenvalue weighted by atomic mass is 9.73. The van der Waals surface area contributed by atoms with Gasteiger partial charge in [0.15, 0.2) is 0 Å². The number of thioether (sulfide) groups is 1. The summed E-state index contributed by atoms with van der Waals surface area (Å²) in [6.07, 6.45) is 8.19. The van der Waals surface area contributed by atoms with Crippen LogP contribution in [-0.2, 0) is 4.79 Å². The molecular weight excluding hydrogens is 486 g/mol. The molecule has 9 heteroatoms. The van der Waals surface area contributed by atoms with Crippen molar-refractivity contribution in [2.45, 2.75) is 62.7 Å². The van der Waals surface area contributed by atoms with Crippen molar-refractivity contribution in [3.63, 3.8) is 0 Å². The number of pyridine rings is 1. The first-order valence-corrected chi connectivity index (χ1v) is 14.0. The van der Waals surface area contributed by atoms with Gasteiger partial charge in [-0.15, -0.1) is 0 Å². The number of aliphatic hydroxyl groups is 1. The molecule has 1 aliphatic heterocycles. The topological polar surface area (TPSA) is 94.9 Å². The fraction of sp³-hybridized carbons (Fsp3) is 0.615. The van der Waals surface area contributed by atoms with Gasteiger partial charge in [0.05, 0.1) is 29.2 Å². The van der Waals surface area contributed by atoms with Crippen molar-refractivity contribution in [1.82, 2.24) is 15.4 Å². The molecule has 1 saturated heterocycles. The van der Waals surface area contributed by atoms with E-state index in [4.69, 9.17) is 16.3 Å². The standard InChI is InChI=1S/C26H36ClN3O4S/c1-34-18-6-7-22-20(16-18)24(21(27)17-28-22)23(31)8-9-26(25(32)29-33)10-12-30(13-11-26)14-15-35-19-4-2-3-5-19/h6-7,16-17,19,23,31,33H,2-5,8-15H2,1H3,(H,29,32)/t23-/m1/s1. The molecule has 1 aromatic carbocycles. The first-order chi connectivity index (χ1) is 17.0. The number of hydroxylamine groups is 1. The molecule has 1 saturated carbocycles. The largest absolute Gasteiger partial charge is 0.497 e. The van der Waals surface area contributed by atoms with Gasteiger partial charge in [-0.25, -0.2) is 5.48 Å². The molecular formula is C26H36ClN3O4S. The van der Waals surface area contributed by atoms with Crippen LogP contribution in [0.15, 0.2) is 24.4 Å². The molecule has 1 aliphatic carbocycles. The number of nitrogens with one attached hydrogen (secondary N) is 1. The first kappa shape index (κ1) is 26.5. The Morgan fingerprint density at radius 1 is 1.34 bits per heavy atom. The molecule has 1 atom stereocenters. The van der Waals surface area contributed by atoms with Crippen LogP contribution in [0.1, 0.15) is 63.0 Å². The van der Waals surface area contributed by atoms with E-state index in [1.54, 1.807) is 13.3 Å². The third kappa shape index (κ3) is 6.23. The van der Waals surface area contributed by atoms with Gasteiger partial charge in [0, 0.05) is 34.7 Å². The second-order valence-corrected chi connectivity index (χ2v) is 11.6.